The number of hydrogen-bond donors (Lipinski definition) is 2. The van der Waals surface area contributed by atoms with E-state index >= 15 is 0 Å². The number of fused-ring (bicyclic) bond motifs is 12. The number of aliphatic hydroxyl groups is 2. The van der Waals surface area contributed by atoms with Gasteiger partial charge < -0.3 is 79.9 Å². The molecule has 2 N–H and O–H groups in total. The molecule has 1 saturated heterocycles. The molecule has 16 aromatic rings. The molecule has 0 spiro atoms. The van der Waals surface area contributed by atoms with Gasteiger partial charge in [-0.15, -0.1) is 0 Å². The van der Waals surface area contributed by atoms with Crippen LogP contribution in [-0.4, -0.2) is 105 Å². The number of nitriles is 1. The average Bonchev–Trinajstić information content (AvgIpc) is 1.62. The average molecular weight is 1900 g/mol. The number of halogens is 4. The Morgan fingerprint density at radius 3 is 1.06 bits per heavy atom. The highest BCUT2D eigenvalue weighted by Crippen LogP contribution is 2.46. The summed E-state index contributed by atoms with van der Waals surface area (Å²) in [5, 5.41) is 34.7. The number of aldehydes is 1. The summed E-state index contributed by atoms with van der Waals surface area (Å²) >= 11 is 0. The standard InChI is InChI=1S/C32H32FN3O4.C28H27FN2O5.C26H25FN2O3.C26H23FN2O3/c1-20-6-10-22(11-7-20)28-29-24-19-38-16-14-25(24)36(18-21-8-12-23(33)13-9-21)31(29)32(37)35(2)30(28)26(17-34)40-27-5-3-4-15-39-27;1-16-4-8-18(9-5-16)22-23-20-15-36-13-12-21(20)31(14-17-6-10-19(29)11-7-17)25(23)27(33)30(2)24(22)26(32)28(34)35-3;2*1-16-3-7-18(8-4-16)23-22(14-30)28(2)26(31)25-24(23)20-15-32-12-11-21(20)29(25)13-17-5-9-19(27)10-6-17/h6-13,26-27H,3-5,14-16,18-19H2,1-2H3;4-11,26,32H,12-15H2,1-3H3;3-10,30H,11-15H2,1-2H3;3-10,14H,11-13,15H2,1-2H3. The van der Waals surface area contributed by atoms with Crippen LogP contribution in [0.15, 0.2) is 213 Å². The van der Waals surface area contributed by atoms with E-state index in [1.807, 2.05) is 134 Å². The van der Waals surface area contributed by atoms with Gasteiger partial charge in [-0.1, -0.05) is 168 Å². The molecule has 8 aromatic carbocycles. The third-order valence-corrected chi connectivity index (χ3v) is 27.5. The van der Waals surface area contributed by atoms with Crippen molar-refractivity contribution >= 4 is 55.9 Å². The van der Waals surface area contributed by atoms with Gasteiger partial charge >= 0.3 is 5.97 Å². The molecule has 718 valence electrons. The molecule has 24 nitrogen and oxygen atoms in total. The summed E-state index contributed by atoms with van der Waals surface area (Å²) in [4.78, 5) is 79.8. The number of aliphatic hydroxyl groups excluding tert-OH is 2. The third kappa shape index (κ3) is 18.5. The van der Waals surface area contributed by atoms with Gasteiger partial charge in [-0.05, 0) is 140 Å². The molecule has 3 unspecified atom stereocenters. The van der Waals surface area contributed by atoms with E-state index in [4.69, 9.17) is 33.2 Å². The fourth-order valence-corrected chi connectivity index (χ4v) is 20.4. The molecule has 0 bridgehead atoms. The molecule has 1 fully saturated rings. The normalized spacial score (nSPS) is 14.9. The molecule has 3 atom stereocenters. The number of benzene rings is 8. The van der Waals surface area contributed by atoms with Gasteiger partial charge in [-0.25, -0.2) is 22.4 Å². The number of methoxy groups -OCH3 is 1. The van der Waals surface area contributed by atoms with Crippen molar-refractivity contribution in [2.45, 2.75) is 150 Å². The monoisotopic (exact) mass is 1890 g/mol. The third-order valence-electron chi connectivity index (χ3n) is 27.5. The minimum absolute atomic E-state index is 0.156. The Hall–Kier alpha value is -14.3. The van der Waals surface area contributed by atoms with E-state index in [0.29, 0.717) is 168 Å². The first-order valence-electron chi connectivity index (χ1n) is 46.9. The van der Waals surface area contributed by atoms with Crippen molar-refractivity contribution in [2.24, 2.45) is 28.2 Å². The highest BCUT2D eigenvalue weighted by molar-refractivity contribution is 6.06. The molecule has 0 radical (unpaired) electrons. The number of hydrogen-bond acceptors (Lipinski definition) is 16. The number of esters is 1. The Bertz CT molecular complexity index is 7750. The summed E-state index contributed by atoms with van der Waals surface area (Å²) in [6, 6.07) is 59.5. The first-order valence-corrected chi connectivity index (χ1v) is 46.9. The lowest BCUT2D eigenvalue weighted by Gasteiger charge is -2.27. The zero-order chi connectivity index (χ0) is 98.2. The van der Waals surface area contributed by atoms with Crippen LogP contribution in [0.5, 0.6) is 0 Å². The zero-order valence-electron chi connectivity index (χ0n) is 79.4. The van der Waals surface area contributed by atoms with Gasteiger partial charge in [0.05, 0.1) is 89.3 Å². The second kappa shape index (κ2) is 41.0. The van der Waals surface area contributed by atoms with Crippen molar-refractivity contribution in [1.82, 2.24) is 36.5 Å². The van der Waals surface area contributed by atoms with Crippen LogP contribution in [0.3, 0.4) is 0 Å². The molecule has 0 saturated carbocycles. The maximum absolute atomic E-state index is 14.2. The molecule has 5 aliphatic rings. The Morgan fingerprint density at radius 2 is 0.736 bits per heavy atom. The molecule has 0 amide bonds. The summed E-state index contributed by atoms with van der Waals surface area (Å²) in [7, 11) is 7.78. The predicted octanol–water partition coefficient (Wildman–Crippen LogP) is 17.9. The van der Waals surface area contributed by atoms with Crippen LogP contribution in [0.2, 0.25) is 0 Å². The minimum Gasteiger partial charge on any atom is -0.467 e. The van der Waals surface area contributed by atoms with Crippen LogP contribution < -0.4 is 22.2 Å². The lowest BCUT2D eigenvalue weighted by Crippen LogP contribution is -2.29. The molecule has 13 heterocycles. The topological polar surface area (TPSA) is 271 Å². The van der Waals surface area contributed by atoms with Crippen LogP contribution in [0, 0.1) is 62.3 Å². The van der Waals surface area contributed by atoms with Crippen molar-refractivity contribution in [2.75, 3.05) is 40.1 Å². The number of aryl methyl sites for hydroxylation is 4. The fraction of sp³-hybridized carbons (Fsp3) is 0.295. The van der Waals surface area contributed by atoms with Gasteiger partial charge in [-0.3, -0.25) is 24.0 Å². The lowest BCUT2D eigenvalue weighted by atomic mass is 9.93. The highest BCUT2D eigenvalue weighted by Gasteiger charge is 2.38. The van der Waals surface area contributed by atoms with Gasteiger partial charge in [-0.2, -0.15) is 5.26 Å². The van der Waals surface area contributed by atoms with Crippen molar-refractivity contribution < 1.29 is 70.5 Å². The number of nitrogens with zero attached hydrogens (tertiary/aromatic N) is 9. The van der Waals surface area contributed by atoms with E-state index in [2.05, 4.69) is 15.2 Å². The summed E-state index contributed by atoms with van der Waals surface area (Å²) in [6.07, 6.45) is 2.80. The number of carbonyl (C=O) groups is 2. The first kappa shape index (κ1) is 96.0. The van der Waals surface area contributed by atoms with E-state index in [-0.39, 0.29) is 57.8 Å². The number of pyridine rings is 4. The Morgan fingerprint density at radius 1 is 0.429 bits per heavy atom. The predicted molar refractivity (Wildman–Crippen MR) is 526 cm³/mol. The summed E-state index contributed by atoms with van der Waals surface area (Å²) in [5.41, 5.74) is 25.0. The van der Waals surface area contributed by atoms with Crippen molar-refractivity contribution in [1.29, 1.82) is 5.26 Å². The van der Waals surface area contributed by atoms with Crippen LogP contribution in [-0.2, 0) is 151 Å². The number of aromatic nitrogens is 8. The van der Waals surface area contributed by atoms with E-state index in [1.54, 1.807) is 85.9 Å². The van der Waals surface area contributed by atoms with E-state index < -0.39 is 24.5 Å². The first-order chi connectivity index (χ1) is 67.7. The summed E-state index contributed by atoms with van der Waals surface area (Å²) in [6.45, 7) is 13.7. The Kier molecular flexibility index (Phi) is 28.2. The molecule has 8 aromatic heterocycles. The van der Waals surface area contributed by atoms with E-state index in [0.717, 1.165) is 164 Å². The highest BCUT2D eigenvalue weighted by atomic mass is 19.1. The van der Waals surface area contributed by atoms with Crippen molar-refractivity contribution in [3.8, 4) is 50.6 Å². The van der Waals surface area contributed by atoms with Crippen LogP contribution >= 0.6 is 0 Å². The van der Waals surface area contributed by atoms with Crippen LogP contribution in [0.4, 0.5) is 17.6 Å². The molecular formula is C112H107F4N9O15. The van der Waals surface area contributed by atoms with Crippen molar-refractivity contribution in [3.05, 3.63) is 371 Å². The van der Waals surface area contributed by atoms with Gasteiger partial charge in [0.1, 0.15) is 51.4 Å². The van der Waals surface area contributed by atoms with Gasteiger partial charge in [0.15, 0.2) is 24.8 Å². The van der Waals surface area contributed by atoms with Crippen molar-refractivity contribution in [3.63, 3.8) is 0 Å². The molecular weight excluding hydrogens is 1790 g/mol. The van der Waals surface area contributed by atoms with E-state index in [1.165, 1.54) is 64.8 Å². The number of ether oxygens (including phenoxy) is 7. The second-order valence-electron chi connectivity index (χ2n) is 36.3. The largest absolute Gasteiger partial charge is 0.467 e. The SMILES string of the molecule is COC(=O)C(O)c1c(-c2ccc(C)cc2)c2c3c(n(Cc4ccc(F)cc4)c2c(=O)n1C)CCOC3.Cc1ccc(-c2c(C(C#N)OC3CCCCO3)n(C)c(=O)c3c2c2c(n3Cc3ccc(F)cc3)CCOC2)cc1.Cc1ccc(-c2c(C=O)n(C)c(=O)c3c2c2c(n3Cc3ccc(F)cc3)CCOC2)cc1.Cc1ccc(-c2c(CO)n(C)c(=O)c3c2c2c(n3Cc3ccc(F)cc3)CCOC2)cc1. The number of carbonyl (C=O) groups excluding carboxylic acids is 2. The zero-order valence-corrected chi connectivity index (χ0v) is 79.4. The van der Waals surface area contributed by atoms with Gasteiger partial charge in [0, 0.05) is 175 Å². The van der Waals surface area contributed by atoms with E-state index in [9.17, 15) is 61.8 Å². The molecule has 140 heavy (non-hydrogen) atoms. The fourth-order valence-electron chi connectivity index (χ4n) is 20.4. The molecule has 0 aliphatic carbocycles. The number of rotatable bonds is 19. The smallest absolute Gasteiger partial charge is 0.340 e. The summed E-state index contributed by atoms with van der Waals surface area (Å²) in [5.74, 6) is -2.07. The van der Waals surface area contributed by atoms with Crippen LogP contribution in [0.1, 0.15) is 149 Å². The minimum atomic E-state index is -1.66. The summed E-state index contributed by atoms with van der Waals surface area (Å²) < 4.78 is 108. The Labute approximate surface area is 804 Å². The van der Waals surface area contributed by atoms with Gasteiger partial charge in [0.25, 0.3) is 22.2 Å². The quantitative estimate of drug-likeness (QED) is 0.0433. The second-order valence-corrected chi connectivity index (χ2v) is 36.3. The van der Waals surface area contributed by atoms with Gasteiger partial charge in [0.2, 0.25) is 0 Å². The maximum Gasteiger partial charge on any atom is 0.340 e. The van der Waals surface area contributed by atoms with Crippen LogP contribution in [0.25, 0.3) is 88.1 Å². The maximum atomic E-state index is 14.2. The lowest BCUT2D eigenvalue weighted by molar-refractivity contribution is -0.179. The molecule has 21 rings (SSSR count). The molecule has 28 heteroatoms. The Balaban J connectivity index is 0.000000124. The molecule has 5 aliphatic heterocycles.